The molecule has 1 N–H and O–H groups in total. The minimum atomic E-state index is -0.0726. The van der Waals surface area contributed by atoms with Crippen molar-refractivity contribution in [1.82, 2.24) is 14.9 Å². The van der Waals surface area contributed by atoms with E-state index in [1.54, 1.807) is 7.11 Å². The minimum Gasteiger partial charge on any atom is -0.378 e. The molecule has 1 aromatic heterocycles. The Morgan fingerprint density at radius 3 is 3.11 bits per heavy atom. The van der Waals surface area contributed by atoms with Crippen LogP contribution in [0, 0.1) is 3.57 Å². The molecule has 0 aliphatic carbocycles. The van der Waals surface area contributed by atoms with E-state index >= 15 is 0 Å². The van der Waals surface area contributed by atoms with E-state index in [0.29, 0.717) is 10.2 Å². The molecule has 1 saturated heterocycles. The van der Waals surface area contributed by atoms with Gasteiger partial charge in [0.1, 0.15) is 9.39 Å². The molecule has 1 unspecified atom stereocenters. The molecule has 0 amide bonds. The number of thioether (sulfide) groups is 1. The lowest BCUT2D eigenvalue weighted by atomic mass is 10.2. The Bertz CT molecular complexity index is 480. The zero-order valence-corrected chi connectivity index (χ0v) is 13.4. The highest BCUT2D eigenvalue weighted by Gasteiger charge is 2.24. The first-order valence-electron chi connectivity index (χ1n) is 5.69. The highest BCUT2D eigenvalue weighted by Crippen LogP contribution is 2.25. The summed E-state index contributed by atoms with van der Waals surface area (Å²) in [5.41, 5.74) is 0.650. The predicted octanol–water partition coefficient (Wildman–Crippen LogP) is 1.24. The average molecular weight is 381 g/mol. The van der Waals surface area contributed by atoms with Gasteiger partial charge in [-0.15, -0.1) is 0 Å². The highest BCUT2D eigenvalue weighted by atomic mass is 127. The number of hydrogen-bond donors (Lipinski definition) is 1. The van der Waals surface area contributed by atoms with Crippen LogP contribution in [-0.2, 0) is 11.3 Å². The molecule has 0 spiro atoms. The fourth-order valence-electron chi connectivity index (χ4n) is 1.89. The lowest BCUT2D eigenvalue weighted by Crippen LogP contribution is -2.35. The molecule has 1 fully saturated rings. The molecule has 0 saturated carbocycles. The second-order valence-electron chi connectivity index (χ2n) is 4.22. The number of rotatable bonds is 3. The maximum atomic E-state index is 11.9. The molecule has 7 heteroatoms. The third-order valence-electron chi connectivity index (χ3n) is 2.94. The Kier molecular flexibility index (Phi) is 5.05. The molecule has 1 atom stereocenters. The normalized spacial score (nSPS) is 21.2. The number of hydrogen-bond acceptors (Lipinski definition) is 5. The van der Waals surface area contributed by atoms with Crippen molar-refractivity contribution in [3.8, 4) is 0 Å². The van der Waals surface area contributed by atoms with Crippen molar-refractivity contribution in [3.63, 3.8) is 0 Å². The number of halogens is 1. The SMILES string of the molecule is COCc1nc(C2CSCCN2C)[nH]c(=O)c1I. The van der Waals surface area contributed by atoms with Crippen LogP contribution in [0.4, 0.5) is 0 Å². The summed E-state index contributed by atoms with van der Waals surface area (Å²) >= 11 is 3.91. The third kappa shape index (κ3) is 3.06. The summed E-state index contributed by atoms with van der Waals surface area (Å²) in [4.78, 5) is 21.6. The van der Waals surface area contributed by atoms with Gasteiger partial charge in [0.15, 0.2) is 0 Å². The van der Waals surface area contributed by atoms with E-state index < -0.39 is 0 Å². The Morgan fingerprint density at radius 2 is 2.44 bits per heavy atom. The van der Waals surface area contributed by atoms with Crippen LogP contribution in [0.5, 0.6) is 0 Å². The zero-order chi connectivity index (χ0) is 13.1. The van der Waals surface area contributed by atoms with Crippen LogP contribution in [0.1, 0.15) is 17.6 Å². The molecule has 5 nitrogen and oxygen atoms in total. The first-order chi connectivity index (χ1) is 8.63. The fourth-order valence-corrected chi connectivity index (χ4v) is 3.52. The number of nitrogens with one attached hydrogen (secondary N) is 1. The second-order valence-corrected chi connectivity index (χ2v) is 6.44. The van der Waals surface area contributed by atoms with Gasteiger partial charge in [-0.3, -0.25) is 9.69 Å². The summed E-state index contributed by atoms with van der Waals surface area (Å²) in [6.07, 6.45) is 0. The average Bonchev–Trinajstić information content (AvgIpc) is 2.35. The Labute approximate surface area is 124 Å². The van der Waals surface area contributed by atoms with E-state index in [0.717, 1.165) is 29.6 Å². The van der Waals surface area contributed by atoms with Crippen molar-refractivity contribution < 1.29 is 4.74 Å². The highest BCUT2D eigenvalue weighted by molar-refractivity contribution is 14.1. The molecule has 18 heavy (non-hydrogen) atoms. The summed E-state index contributed by atoms with van der Waals surface area (Å²) in [7, 11) is 3.68. The summed E-state index contributed by atoms with van der Waals surface area (Å²) in [5, 5.41) is 0. The van der Waals surface area contributed by atoms with Crippen LogP contribution in [0.3, 0.4) is 0 Å². The van der Waals surface area contributed by atoms with Gasteiger partial charge < -0.3 is 9.72 Å². The molecule has 2 heterocycles. The van der Waals surface area contributed by atoms with Crippen LogP contribution < -0.4 is 5.56 Å². The monoisotopic (exact) mass is 381 g/mol. The van der Waals surface area contributed by atoms with Gasteiger partial charge in [0.2, 0.25) is 0 Å². The minimum absolute atomic E-state index is 0.0726. The molecule has 1 aliphatic rings. The van der Waals surface area contributed by atoms with Gasteiger partial charge in [-0.05, 0) is 29.6 Å². The van der Waals surface area contributed by atoms with Gasteiger partial charge in [-0.1, -0.05) is 0 Å². The number of aromatic nitrogens is 2. The molecule has 1 aliphatic heterocycles. The number of methoxy groups -OCH3 is 1. The first-order valence-corrected chi connectivity index (χ1v) is 7.92. The summed E-state index contributed by atoms with van der Waals surface area (Å²) in [5.74, 6) is 2.85. The summed E-state index contributed by atoms with van der Waals surface area (Å²) in [6.45, 7) is 1.39. The van der Waals surface area contributed by atoms with E-state index in [9.17, 15) is 4.79 Å². The van der Waals surface area contributed by atoms with E-state index in [1.807, 2.05) is 34.4 Å². The van der Waals surface area contributed by atoms with Gasteiger partial charge in [0.05, 0.1) is 18.3 Å². The van der Waals surface area contributed by atoms with Crippen molar-refractivity contribution in [2.24, 2.45) is 0 Å². The lowest BCUT2D eigenvalue weighted by molar-refractivity contribution is 0.179. The van der Waals surface area contributed by atoms with E-state index in [2.05, 4.69) is 21.9 Å². The Hall–Kier alpha value is -0.120. The quantitative estimate of drug-likeness (QED) is 0.799. The molecule has 1 aromatic rings. The number of H-pyrrole nitrogens is 1. The van der Waals surface area contributed by atoms with Gasteiger partial charge in [0, 0.05) is 25.2 Å². The maximum Gasteiger partial charge on any atom is 0.264 e. The van der Waals surface area contributed by atoms with Crippen molar-refractivity contribution >= 4 is 34.4 Å². The van der Waals surface area contributed by atoms with Crippen molar-refractivity contribution in [2.45, 2.75) is 12.6 Å². The summed E-state index contributed by atoms with van der Waals surface area (Å²) < 4.78 is 5.71. The van der Waals surface area contributed by atoms with Gasteiger partial charge in [-0.25, -0.2) is 4.98 Å². The Balaban J connectivity index is 2.35. The fraction of sp³-hybridized carbons (Fsp3) is 0.636. The van der Waals surface area contributed by atoms with Crippen molar-refractivity contribution in [3.05, 3.63) is 25.4 Å². The van der Waals surface area contributed by atoms with Gasteiger partial charge in [0.25, 0.3) is 5.56 Å². The van der Waals surface area contributed by atoms with Crippen molar-refractivity contribution in [2.75, 3.05) is 32.2 Å². The second kappa shape index (κ2) is 6.36. The van der Waals surface area contributed by atoms with Crippen LogP contribution in [0.2, 0.25) is 0 Å². The largest absolute Gasteiger partial charge is 0.378 e. The molecular formula is C11H16IN3O2S. The molecule has 0 aromatic carbocycles. The summed E-state index contributed by atoms with van der Waals surface area (Å²) in [6, 6.07) is 0.184. The van der Waals surface area contributed by atoms with Crippen LogP contribution in [0.25, 0.3) is 0 Å². The molecule has 0 radical (unpaired) electrons. The van der Waals surface area contributed by atoms with Gasteiger partial charge >= 0.3 is 0 Å². The number of aromatic amines is 1. The lowest BCUT2D eigenvalue weighted by Gasteiger charge is -2.31. The topological polar surface area (TPSA) is 58.2 Å². The van der Waals surface area contributed by atoms with E-state index in [-0.39, 0.29) is 11.6 Å². The van der Waals surface area contributed by atoms with Crippen LogP contribution in [0.15, 0.2) is 4.79 Å². The Morgan fingerprint density at radius 1 is 1.67 bits per heavy atom. The van der Waals surface area contributed by atoms with Crippen LogP contribution >= 0.6 is 34.4 Å². The molecular weight excluding hydrogens is 365 g/mol. The smallest absolute Gasteiger partial charge is 0.264 e. The molecule has 2 rings (SSSR count). The first kappa shape index (κ1) is 14.3. The molecule has 100 valence electrons. The maximum absolute atomic E-state index is 11.9. The van der Waals surface area contributed by atoms with Gasteiger partial charge in [-0.2, -0.15) is 11.8 Å². The van der Waals surface area contributed by atoms with E-state index in [4.69, 9.17) is 4.74 Å². The predicted molar refractivity (Wildman–Crippen MR) is 81.0 cm³/mol. The van der Waals surface area contributed by atoms with Crippen LogP contribution in [-0.4, -0.2) is 47.1 Å². The zero-order valence-electron chi connectivity index (χ0n) is 10.4. The number of nitrogens with zero attached hydrogens (tertiary/aromatic N) is 2. The van der Waals surface area contributed by atoms with Crippen molar-refractivity contribution in [1.29, 1.82) is 0 Å². The standard InChI is InChI=1S/C11H16IN3O2S/c1-15-3-4-18-6-8(15)10-13-7(5-17-2)9(12)11(16)14-10/h8H,3-6H2,1-2H3,(H,13,14,16). The number of ether oxygens (including phenoxy) is 1. The molecule has 0 bridgehead atoms. The van der Waals surface area contributed by atoms with E-state index in [1.165, 1.54) is 0 Å². The third-order valence-corrected chi connectivity index (χ3v) is 5.08.